The van der Waals surface area contributed by atoms with Crippen LogP contribution in [0, 0.1) is 11.8 Å². The molecule has 334 valence electrons. The third-order valence-electron chi connectivity index (χ3n) is 10.4. The van der Waals surface area contributed by atoms with Crippen LogP contribution < -0.4 is 0 Å². The smallest absolute Gasteiger partial charge is 0.462 e. The Morgan fingerprint density at radius 1 is 0.754 bits per heavy atom. The quantitative estimate of drug-likeness (QED) is 0.0174. The molecule has 0 spiro atoms. The molecule has 0 amide bonds. The first-order valence-electron chi connectivity index (χ1n) is 22.4. The number of ether oxygens (including phenoxy) is 3. The van der Waals surface area contributed by atoms with Gasteiger partial charge in [-0.1, -0.05) is 161 Å². The van der Waals surface area contributed by atoms with E-state index in [-0.39, 0.29) is 31.8 Å². The molecule has 13 heteroatoms. The number of allylic oxidation sites excluding steroid dienone is 2. The summed E-state index contributed by atoms with van der Waals surface area (Å²) in [4.78, 5) is 43.2. The average molecular weight is 833 g/mol. The van der Waals surface area contributed by atoms with Crippen molar-refractivity contribution >= 4 is 19.8 Å². The SMILES string of the molecule is CCCCC[C@H](O)/C=C/[C@H]1OC(O)C[C@H](O)[C@@H]1C/C=C\CCCC(=O)OC[C@H](COP(=O)(O)O)OC(=O)CCCCCCCCCCCCCCCCCC(C)C. The lowest BCUT2D eigenvalue weighted by Gasteiger charge is -2.36. The van der Waals surface area contributed by atoms with E-state index < -0.39 is 57.1 Å². The maximum Gasteiger partial charge on any atom is 0.469 e. The second kappa shape index (κ2) is 34.1. The van der Waals surface area contributed by atoms with Crippen molar-refractivity contribution < 1.29 is 58.0 Å². The highest BCUT2D eigenvalue weighted by atomic mass is 31.2. The summed E-state index contributed by atoms with van der Waals surface area (Å²) < 4.78 is 32.1. The first-order chi connectivity index (χ1) is 27.3. The molecule has 1 aliphatic heterocycles. The standard InChI is InChI=1S/C44H81O12P/c1-4-5-21-27-37(45)31-32-41-39(40(46)33-44(49)56-41)28-23-19-20-24-29-42(47)53-34-38(35-54-57(50,51)52)55-43(48)30-25-18-16-14-12-10-8-6-7-9-11-13-15-17-22-26-36(2)3/h19,23,31-32,36-41,44-46,49H,4-18,20-22,24-30,33-35H2,1-3H3,(H2,50,51,52)/b23-19-,32-31+/t37-,38+,39-,40-,41+,44?/m0/s1. The van der Waals surface area contributed by atoms with Gasteiger partial charge in [0.15, 0.2) is 12.4 Å². The van der Waals surface area contributed by atoms with Gasteiger partial charge in [0.1, 0.15) is 6.61 Å². The van der Waals surface area contributed by atoms with E-state index in [4.69, 9.17) is 24.0 Å². The third-order valence-corrected chi connectivity index (χ3v) is 10.9. The minimum absolute atomic E-state index is 0.0752. The highest BCUT2D eigenvalue weighted by Crippen LogP contribution is 2.36. The summed E-state index contributed by atoms with van der Waals surface area (Å²) >= 11 is 0. The van der Waals surface area contributed by atoms with Gasteiger partial charge in [0.25, 0.3) is 0 Å². The molecule has 0 aromatic rings. The van der Waals surface area contributed by atoms with E-state index in [1.165, 1.54) is 77.0 Å². The summed E-state index contributed by atoms with van der Waals surface area (Å²) in [6.45, 7) is 5.70. The highest BCUT2D eigenvalue weighted by Gasteiger charge is 2.35. The van der Waals surface area contributed by atoms with Crippen molar-refractivity contribution in [3.8, 4) is 0 Å². The molecule has 1 fully saturated rings. The molecule has 0 radical (unpaired) electrons. The Kier molecular flexibility index (Phi) is 32.0. The van der Waals surface area contributed by atoms with Crippen molar-refractivity contribution in [2.24, 2.45) is 11.8 Å². The van der Waals surface area contributed by atoms with Gasteiger partial charge in [0, 0.05) is 25.2 Å². The zero-order valence-corrected chi connectivity index (χ0v) is 36.6. The summed E-state index contributed by atoms with van der Waals surface area (Å²) in [5, 5.41) is 30.8. The summed E-state index contributed by atoms with van der Waals surface area (Å²) in [5.41, 5.74) is 0. The number of rotatable bonds is 36. The van der Waals surface area contributed by atoms with Crippen LogP contribution in [0.2, 0.25) is 0 Å². The molecule has 0 saturated carbocycles. The average Bonchev–Trinajstić information content (AvgIpc) is 3.14. The third kappa shape index (κ3) is 31.9. The van der Waals surface area contributed by atoms with Gasteiger partial charge in [0.05, 0.1) is 24.9 Å². The second-order valence-electron chi connectivity index (χ2n) is 16.4. The molecule has 1 heterocycles. The fourth-order valence-corrected chi connectivity index (χ4v) is 7.37. The van der Waals surface area contributed by atoms with Crippen LogP contribution in [-0.4, -0.2) is 81.0 Å². The molecule has 6 atom stereocenters. The van der Waals surface area contributed by atoms with E-state index in [2.05, 4.69) is 25.3 Å². The number of carbonyl (C=O) groups excluding carboxylic acids is 2. The van der Waals surface area contributed by atoms with Gasteiger partial charge >= 0.3 is 19.8 Å². The lowest BCUT2D eigenvalue weighted by molar-refractivity contribution is -0.199. The summed E-state index contributed by atoms with van der Waals surface area (Å²) in [5.74, 6) is -0.560. The lowest BCUT2D eigenvalue weighted by atomic mass is 9.87. The van der Waals surface area contributed by atoms with Crippen LogP contribution in [-0.2, 0) is 32.9 Å². The number of esters is 2. The van der Waals surface area contributed by atoms with Crippen molar-refractivity contribution in [2.45, 2.75) is 218 Å². The number of hydrogen-bond acceptors (Lipinski definition) is 10. The minimum Gasteiger partial charge on any atom is -0.462 e. The number of hydrogen-bond donors (Lipinski definition) is 5. The fourth-order valence-electron chi connectivity index (χ4n) is 7.01. The zero-order chi connectivity index (χ0) is 42.2. The predicted molar refractivity (Wildman–Crippen MR) is 224 cm³/mol. The molecule has 0 bridgehead atoms. The first-order valence-corrected chi connectivity index (χ1v) is 23.9. The number of aliphatic hydroxyl groups excluding tert-OH is 3. The highest BCUT2D eigenvalue weighted by molar-refractivity contribution is 7.46. The van der Waals surface area contributed by atoms with Gasteiger partial charge in [-0.05, 0) is 38.0 Å². The van der Waals surface area contributed by atoms with Gasteiger partial charge in [-0.3, -0.25) is 14.1 Å². The van der Waals surface area contributed by atoms with Gasteiger partial charge in [0.2, 0.25) is 0 Å². The molecule has 0 aromatic heterocycles. The number of aliphatic hydroxyl groups is 3. The Balaban J connectivity index is 2.27. The van der Waals surface area contributed by atoms with Crippen molar-refractivity contribution in [2.75, 3.05) is 13.2 Å². The molecule has 0 aliphatic carbocycles. The zero-order valence-electron chi connectivity index (χ0n) is 35.7. The van der Waals surface area contributed by atoms with Crippen LogP contribution in [0.5, 0.6) is 0 Å². The summed E-state index contributed by atoms with van der Waals surface area (Å²) in [6, 6.07) is 0. The normalized spacial score (nSPS) is 20.1. The Labute approximate surface area is 344 Å². The molecular weight excluding hydrogens is 751 g/mol. The van der Waals surface area contributed by atoms with Crippen molar-refractivity contribution in [1.82, 2.24) is 0 Å². The summed E-state index contributed by atoms with van der Waals surface area (Å²) in [7, 11) is -4.82. The number of carbonyl (C=O) groups is 2. The van der Waals surface area contributed by atoms with Gasteiger partial charge < -0.3 is 39.3 Å². The predicted octanol–water partition coefficient (Wildman–Crippen LogP) is 9.54. The van der Waals surface area contributed by atoms with E-state index >= 15 is 0 Å². The molecule has 5 N–H and O–H groups in total. The minimum atomic E-state index is -4.82. The Bertz CT molecular complexity index is 1110. The molecule has 57 heavy (non-hydrogen) atoms. The largest absolute Gasteiger partial charge is 0.469 e. The number of phosphoric ester groups is 1. The molecule has 1 saturated heterocycles. The van der Waals surface area contributed by atoms with E-state index in [0.29, 0.717) is 32.1 Å². The molecular formula is C44H81O12P. The van der Waals surface area contributed by atoms with Crippen LogP contribution in [0.3, 0.4) is 0 Å². The maximum atomic E-state index is 12.5. The number of unbranched alkanes of at least 4 members (excludes halogenated alkanes) is 17. The Morgan fingerprint density at radius 3 is 1.89 bits per heavy atom. The van der Waals surface area contributed by atoms with E-state index in [1.807, 2.05) is 12.2 Å². The van der Waals surface area contributed by atoms with Gasteiger partial charge in [-0.2, -0.15) is 0 Å². The molecule has 12 nitrogen and oxygen atoms in total. The molecule has 0 aromatic carbocycles. The monoisotopic (exact) mass is 833 g/mol. The Hall–Kier alpha value is -1.63. The van der Waals surface area contributed by atoms with Crippen molar-refractivity contribution in [3.63, 3.8) is 0 Å². The first kappa shape index (κ1) is 53.4. The topological polar surface area (TPSA) is 189 Å². The molecule has 1 rings (SSSR count). The maximum absolute atomic E-state index is 12.5. The molecule has 1 aliphatic rings. The van der Waals surface area contributed by atoms with Crippen LogP contribution >= 0.6 is 7.82 Å². The lowest BCUT2D eigenvalue weighted by Crippen LogP contribution is -2.43. The van der Waals surface area contributed by atoms with Crippen molar-refractivity contribution in [3.05, 3.63) is 24.3 Å². The van der Waals surface area contributed by atoms with Crippen LogP contribution in [0.1, 0.15) is 188 Å². The Morgan fingerprint density at radius 2 is 1.32 bits per heavy atom. The van der Waals surface area contributed by atoms with Crippen molar-refractivity contribution in [1.29, 1.82) is 0 Å². The molecule has 1 unspecified atom stereocenters. The van der Waals surface area contributed by atoms with E-state index in [9.17, 15) is 29.5 Å². The summed E-state index contributed by atoms with van der Waals surface area (Å²) in [6.07, 6.45) is 28.1. The number of phosphoric acid groups is 1. The van der Waals surface area contributed by atoms with Gasteiger partial charge in [-0.25, -0.2) is 4.57 Å². The van der Waals surface area contributed by atoms with Gasteiger partial charge in [-0.15, -0.1) is 0 Å². The van der Waals surface area contributed by atoms with E-state index in [1.54, 1.807) is 12.2 Å². The van der Waals surface area contributed by atoms with Crippen LogP contribution in [0.4, 0.5) is 0 Å². The fraction of sp³-hybridized carbons (Fsp3) is 0.864. The van der Waals surface area contributed by atoms with E-state index in [0.717, 1.165) is 44.4 Å². The van der Waals surface area contributed by atoms with Crippen LogP contribution in [0.15, 0.2) is 24.3 Å². The second-order valence-corrected chi connectivity index (χ2v) is 17.6. The van der Waals surface area contributed by atoms with Crippen LogP contribution in [0.25, 0.3) is 0 Å².